The molecule has 1 N–H and O–H groups in total. The molecule has 4 atom stereocenters. The van der Waals surface area contributed by atoms with Crippen LogP contribution in [-0.2, 0) is 29.4 Å². The summed E-state index contributed by atoms with van der Waals surface area (Å²) in [4.78, 5) is 35.4. The maximum absolute atomic E-state index is 12.7. The van der Waals surface area contributed by atoms with Gasteiger partial charge in [0.25, 0.3) is 0 Å². The van der Waals surface area contributed by atoms with Gasteiger partial charge in [-0.25, -0.2) is 14.5 Å². The fraction of sp³-hybridized carbons (Fsp3) is 0.565. The lowest BCUT2D eigenvalue weighted by atomic mass is 9.92. The van der Waals surface area contributed by atoms with Crippen LogP contribution in [0.4, 0.5) is 5.82 Å². The number of aliphatic hydroxyl groups is 1. The van der Waals surface area contributed by atoms with Crippen molar-refractivity contribution in [3.63, 3.8) is 0 Å². The number of esters is 2. The SMILES string of the molecule is CC(C)C(=O)O[C@H]1[C@@H](OC(=O)C(C)C)[C@](C#N)(c2ccc3c(/N=C\N(C)C)ncnn23)O[C@@H]1CO. The fourth-order valence-corrected chi connectivity index (χ4v) is 3.58. The van der Waals surface area contributed by atoms with E-state index in [0.29, 0.717) is 11.3 Å². The van der Waals surface area contributed by atoms with Gasteiger partial charge in [-0.2, -0.15) is 10.4 Å². The Morgan fingerprint density at radius 2 is 1.94 bits per heavy atom. The summed E-state index contributed by atoms with van der Waals surface area (Å²) in [6, 6.07) is 5.34. The molecule has 1 aliphatic rings. The molecule has 0 aromatic carbocycles. The molecule has 12 nitrogen and oxygen atoms in total. The van der Waals surface area contributed by atoms with Crippen molar-refractivity contribution in [2.75, 3.05) is 20.7 Å². The molecule has 1 aliphatic heterocycles. The predicted molar refractivity (Wildman–Crippen MR) is 124 cm³/mol. The summed E-state index contributed by atoms with van der Waals surface area (Å²) >= 11 is 0. The van der Waals surface area contributed by atoms with Crippen molar-refractivity contribution in [3.8, 4) is 6.07 Å². The van der Waals surface area contributed by atoms with Crippen molar-refractivity contribution in [3.05, 3.63) is 24.2 Å². The van der Waals surface area contributed by atoms with Crippen molar-refractivity contribution in [2.45, 2.75) is 51.6 Å². The highest BCUT2D eigenvalue weighted by Crippen LogP contribution is 2.44. The van der Waals surface area contributed by atoms with Gasteiger partial charge in [0.15, 0.2) is 18.0 Å². The molecule has 188 valence electrons. The fourth-order valence-electron chi connectivity index (χ4n) is 3.58. The van der Waals surface area contributed by atoms with Crippen LogP contribution in [0.3, 0.4) is 0 Å². The van der Waals surface area contributed by atoms with E-state index < -0.39 is 54.3 Å². The third kappa shape index (κ3) is 4.96. The molecule has 2 aromatic heterocycles. The lowest BCUT2D eigenvalue weighted by Gasteiger charge is -2.29. The first-order valence-corrected chi connectivity index (χ1v) is 11.2. The molecular weight excluding hydrogens is 456 g/mol. The third-order valence-electron chi connectivity index (χ3n) is 5.41. The molecule has 1 fully saturated rings. The Hall–Kier alpha value is -3.56. The number of hydrogen-bond donors (Lipinski definition) is 1. The molecule has 0 bridgehead atoms. The summed E-state index contributed by atoms with van der Waals surface area (Å²) in [7, 11) is 3.62. The van der Waals surface area contributed by atoms with Crippen molar-refractivity contribution < 1.29 is 28.9 Å². The van der Waals surface area contributed by atoms with E-state index in [2.05, 4.69) is 21.1 Å². The third-order valence-corrected chi connectivity index (χ3v) is 5.41. The Morgan fingerprint density at radius 1 is 1.29 bits per heavy atom. The Balaban J connectivity index is 2.18. The molecule has 0 saturated carbocycles. The van der Waals surface area contributed by atoms with Gasteiger partial charge in [0.05, 0.1) is 30.5 Å². The van der Waals surface area contributed by atoms with E-state index in [9.17, 15) is 20.0 Å². The average molecular weight is 487 g/mol. The molecule has 3 heterocycles. The van der Waals surface area contributed by atoms with Crippen LogP contribution in [-0.4, -0.2) is 81.9 Å². The van der Waals surface area contributed by atoms with Crippen molar-refractivity contribution in [1.82, 2.24) is 19.5 Å². The number of nitrogens with zero attached hydrogens (tertiary/aromatic N) is 6. The molecule has 2 aromatic rings. The Morgan fingerprint density at radius 3 is 2.51 bits per heavy atom. The highest BCUT2D eigenvalue weighted by atomic mass is 16.6. The van der Waals surface area contributed by atoms with E-state index in [4.69, 9.17) is 14.2 Å². The second kappa shape index (κ2) is 10.4. The van der Waals surface area contributed by atoms with Gasteiger partial charge in [-0.3, -0.25) is 9.59 Å². The summed E-state index contributed by atoms with van der Waals surface area (Å²) in [5.74, 6) is -1.89. The van der Waals surface area contributed by atoms with Gasteiger partial charge in [0.2, 0.25) is 5.60 Å². The first-order chi connectivity index (χ1) is 16.5. The minimum Gasteiger partial charge on any atom is -0.455 e. The standard InChI is InChI=1S/C23H30N6O6/c1-13(2)21(31)33-18-16(9-30)35-23(10-24,19(18)34-22(32)14(3)4)17-8-7-15-20(26-12-28(5)6)25-11-27-29(15)17/h7-8,11-14,16,18-19,30H,9H2,1-6H3/b26-12-/t16-,18-,19-,23+/m1/s1. The summed E-state index contributed by atoms with van der Waals surface area (Å²) in [6.45, 7) is 5.99. The molecule has 35 heavy (non-hydrogen) atoms. The molecule has 1 saturated heterocycles. The Labute approximate surface area is 203 Å². The van der Waals surface area contributed by atoms with E-state index >= 15 is 0 Å². The number of aliphatic imine (C=N–C) groups is 1. The molecule has 0 radical (unpaired) electrons. The zero-order chi connectivity index (χ0) is 25.9. The quantitative estimate of drug-likeness (QED) is 0.327. The van der Waals surface area contributed by atoms with E-state index in [1.54, 1.807) is 51.1 Å². The van der Waals surface area contributed by atoms with E-state index in [1.807, 2.05) is 14.1 Å². The second-order valence-electron chi connectivity index (χ2n) is 9.06. The zero-order valence-corrected chi connectivity index (χ0v) is 20.6. The molecule has 0 amide bonds. The first kappa shape index (κ1) is 26.1. The number of hydrogen-bond acceptors (Lipinski definition) is 10. The van der Waals surface area contributed by atoms with Gasteiger partial charge in [-0.1, -0.05) is 27.7 Å². The van der Waals surface area contributed by atoms with Crippen LogP contribution in [0.5, 0.6) is 0 Å². The first-order valence-electron chi connectivity index (χ1n) is 11.2. The van der Waals surface area contributed by atoms with Gasteiger partial charge in [-0.05, 0) is 12.1 Å². The predicted octanol–water partition coefficient (Wildman–Crippen LogP) is 1.20. The van der Waals surface area contributed by atoms with Gasteiger partial charge >= 0.3 is 11.9 Å². The highest BCUT2D eigenvalue weighted by Gasteiger charge is 2.62. The Bertz CT molecular complexity index is 1150. The average Bonchev–Trinajstić information content (AvgIpc) is 3.38. The maximum Gasteiger partial charge on any atom is 0.308 e. The number of carbonyl (C=O) groups is 2. The van der Waals surface area contributed by atoms with Crippen LogP contribution in [0.25, 0.3) is 5.52 Å². The lowest BCUT2D eigenvalue weighted by Crippen LogP contribution is -2.47. The van der Waals surface area contributed by atoms with Crippen LogP contribution in [0.15, 0.2) is 23.5 Å². The summed E-state index contributed by atoms with van der Waals surface area (Å²) < 4.78 is 18.8. The van der Waals surface area contributed by atoms with Crippen LogP contribution in [0.1, 0.15) is 33.4 Å². The Kier molecular flexibility index (Phi) is 7.72. The molecule has 12 heteroatoms. The van der Waals surface area contributed by atoms with Crippen molar-refractivity contribution >= 4 is 29.6 Å². The molecule has 3 rings (SSSR count). The van der Waals surface area contributed by atoms with E-state index in [-0.39, 0.29) is 5.69 Å². The largest absolute Gasteiger partial charge is 0.455 e. The van der Waals surface area contributed by atoms with Crippen molar-refractivity contribution in [2.24, 2.45) is 16.8 Å². The van der Waals surface area contributed by atoms with Crippen LogP contribution >= 0.6 is 0 Å². The lowest BCUT2D eigenvalue weighted by molar-refractivity contribution is -0.173. The number of fused-ring (bicyclic) bond motifs is 1. The summed E-state index contributed by atoms with van der Waals surface area (Å²) in [5, 5.41) is 24.7. The smallest absolute Gasteiger partial charge is 0.308 e. The van der Waals surface area contributed by atoms with Gasteiger partial charge in [-0.15, -0.1) is 0 Å². The number of aromatic nitrogens is 3. The van der Waals surface area contributed by atoms with E-state index in [1.165, 1.54) is 10.8 Å². The normalized spacial score (nSPS) is 24.3. The molecular formula is C23H30N6O6. The van der Waals surface area contributed by atoms with Crippen LogP contribution < -0.4 is 0 Å². The molecule has 0 unspecified atom stereocenters. The molecule has 0 aliphatic carbocycles. The summed E-state index contributed by atoms with van der Waals surface area (Å²) in [5.41, 5.74) is -1.26. The monoisotopic (exact) mass is 486 g/mol. The number of nitriles is 1. The highest BCUT2D eigenvalue weighted by molar-refractivity contribution is 5.74. The van der Waals surface area contributed by atoms with Gasteiger partial charge in [0.1, 0.15) is 24.0 Å². The van der Waals surface area contributed by atoms with Crippen LogP contribution in [0.2, 0.25) is 0 Å². The topological polar surface area (TPSA) is 152 Å². The van der Waals surface area contributed by atoms with E-state index in [0.717, 1.165) is 0 Å². The number of carbonyl (C=O) groups excluding carboxylic acids is 2. The number of ether oxygens (including phenoxy) is 3. The van der Waals surface area contributed by atoms with Gasteiger partial charge in [0, 0.05) is 14.1 Å². The minimum atomic E-state index is -1.94. The minimum absolute atomic E-state index is 0.210. The van der Waals surface area contributed by atoms with Crippen LogP contribution in [0, 0.1) is 23.2 Å². The number of aliphatic hydroxyl groups excluding tert-OH is 1. The second-order valence-corrected chi connectivity index (χ2v) is 9.06. The molecule has 0 spiro atoms. The number of rotatable bonds is 8. The maximum atomic E-state index is 12.7. The summed E-state index contributed by atoms with van der Waals surface area (Å²) in [6.07, 6.45) is -0.883. The zero-order valence-electron chi connectivity index (χ0n) is 20.6. The van der Waals surface area contributed by atoms with Crippen molar-refractivity contribution in [1.29, 1.82) is 5.26 Å². The van der Waals surface area contributed by atoms with Gasteiger partial charge < -0.3 is 24.2 Å².